The molecule has 1 aliphatic carbocycles. The molecule has 1 saturated carbocycles. The maximum Gasteiger partial charge on any atom is 0.329 e. The van der Waals surface area contributed by atoms with E-state index in [4.69, 9.17) is 4.74 Å². The Morgan fingerprint density at radius 2 is 1.93 bits per heavy atom. The van der Waals surface area contributed by atoms with E-state index in [0.29, 0.717) is 73.3 Å². The Balaban J connectivity index is 0.906. The van der Waals surface area contributed by atoms with E-state index in [1.807, 2.05) is 11.9 Å². The number of fused-ring (bicyclic) bond motifs is 2. The maximum absolute atomic E-state index is 16.2. The second-order valence-electron chi connectivity index (χ2n) is 15.4. The smallest absolute Gasteiger partial charge is 0.329 e. The monoisotopic (exact) mass is 793 g/mol. The number of aliphatic hydroxyl groups is 1. The number of benzene rings is 1. The molecule has 0 spiro atoms. The fraction of sp³-hybridized carbons (Fsp3) is 0.526. The summed E-state index contributed by atoms with van der Waals surface area (Å²) in [6, 6.07) is 3.88. The van der Waals surface area contributed by atoms with Crippen molar-refractivity contribution in [1.82, 2.24) is 43.7 Å². The van der Waals surface area contributed by atoms with Gasteiger partial charge >= 0.3 is 5.69 Å². The lowest BCUT2D eigenvalue weighted by Gasteiger charge is -2.42. The van der Waals surface area contributed by atoms with Gasteiger partial charge in [-0.1, -0.05) is 0 Å². The van der Waals surface area contributed by atoms with Crippen LogP contribution < -0.4 is 26.0 Å². The fourth-order valence-corrected chi connectivity index (χ4v) is 8.99. The van der Waals surface area contributed by atoms with Gasteiger partial charge in [0.1, 0.15) is 35.4 Å². The van der Waals surface area contributed by atoms with Crippen LogP contribution in [-0.4, -0.2) is 108 Å². The number of halogens is 3. The molecular formula is C38H46F3N11O5. The Labute approximate surface area is 325 Å². The van der Waals surface area contributed by atoms with Gasteiger partial charge in [-0.05, 0) is 76.1 Å². The van der Waals surface area contributed by atoms with Crippen LogP contribution in [0.15, 0.2) is 47.8 Å². The van der Waals surface area contributed by atoms with Gasteiger partial charge in [0.05, 0.1) is 42.6 Å². The number of carbonyl (C=O) groups excluding carboxylic acids is 2. The second-order valence-corrected chi connectivity index (χ2v) is 15.4. The lowest BCUT2D eigenvalue weighted by atomic mass is 9.85. The summed E-state index contributed by atoms with van der Waals surface area (Å²) in [5, 5.41) is 23.3. The Morgan fingerprint density at radius 1 is 1.14 bits per heavy atom. The van der Waals surface area contributed by atoms with E-state index in [9.17, 15) is 28.3 Å². The van der Waals surface area contributed by atoms with Crippen LogP contribution in [0.25, 0.3) is 16.7 Å². The molecule has 2 aliphatic heterocycles. The summed E-state index contributed by atoms with van der Waals surface area (Å²) in [7, 11) is 5.10. The molecule has 6 heterocycles. The molecule has 3 aliphatic rings. The van der Waals surface area contributed by atoms with E-state index in [-0.39, 0.29) is 41.5 Å². The molecule has 3 fully saturated rings. The Bertz CT molecular complexity index is 2350. The number of aromatic nitrogens is 7. The van der Waals surface area contributed by atoms with Crippen LogP contribution in [0.4, 0.5) is 24.5 Å². The average Bonchev–Trinajstić information content (AvgIpc) is 3.89. The molecule has 4 unspecified atom stereocenters. The van der Waals surface area contributed by atoms with Crippen LogP contribution in [0.3, 0.4) is 0 Å². The van der Waals surface area contributed by atoms with Crippen molar-refractivity contribution in [1.29, 1.82) is 0 Å². The van der Waals surface area contributed by atoms with Gasteiger partial charge in [-0.3, -0.25) is 23.4 Å². The molecule has 16 nitrogen and oxygen atoms in total. The number of anilines is 2. The topological polar surface area (TPSA) is 169 Å². The van der Waals surface area contributed by atoms with Crippen molar-refractivity contribution in [3.63, 3.8) is 0 Å². The third-order valence-corrected chi connectivity index (χ3v) is 11.9. The van der Waals surface area contributed by atoms with E-state index in [1.54, 1.807) is 31.4 Å². The molecule has 5 aromatic rings. The van der Waals surface area contributed by atoms with Crippen molar-refractivity contribution in [2.24, 2.45) is 13.0 Å². The first-order chi connectivity index (χ1) is 27.4. The summed E-state index contributed by atoms with van der Waals surface area (Å²) in [5.41, 5.74) is 1.19. The second kappa shape index (κ2) is 15.5. The van der Waals surface area contributed by atoms with Crippen LogP contribution in [0, 0.1) is 5.92 Å². The molecule has 2 amide bonds. The van der Waals surface area contributed by atoms with Crippen molar-refractivity contribution in [2.45, 2.75) is 81.9 Å². The van der Waals surface area contributed by atoms with Crippen LogP contribution in [0.1, 0.15) is 79.5 Å². The molecule has 1 aromatic carbocycles. The summed E-state index contributed by atoms with van der Waals surface area (Å²) >= 11 is 0. The number of alkyl halides is 3. The van der Waals surface area contributed by atoms with Gasteiger partial charge in [-0.2, -0.15) is 10.2 Å². The fourth-order valence-electron chi connectivity index (χ4n) is 8.99. The molecule has 19 heteroatoms. The number of ether oxygens (including phenoxy) is 1. The van der Waals surface area contributed by atoms with Crippen LogP contribution in [0.5, 0.6) is 5.75 Å². The zero-order chi connectivity index (χ0) is 40.1. The van der Waals surface area contributed by atoms with Crippen molar-refractivity contribution in [2.75, 3.05) is 44.0 Å². The number of nitrogens with zero attached hydrogens (tertiary/aromatic N) is 9. The van der Waals surface area contributed by atoms with Crippen molar-refractivity contribution in [3.05, 3.63) is 64.7 Å². The lowest BCUT2D eigenvalue weighted by Crippen LogP contribution is -2.52. The highest BCUT2D eigenvalue weighted by Gasteiger charge is 2.38. The molecule has 304 valence electrons. The first-order valence-electron chi connectivity index (χ1n) is 19.3. The number of nitrogens with one attached hydrogen (secondary N) is 2. The normalized spacial score (nSPS) is 24.4. The number of hydrogen-bond donors (Lipinski definition) is 3. The minimum atomic E-state index is -2.89. The highest BCUT2D eigenvalue weighted by Crippen LogP contribution is 2.40. The van der Waals surface area contributed by atoms with Crippen LogP contribution >= 0.6 is 0 Å². The Morgan fingerprint density at radius 3 is 2.65 bits per heavy atom. The number of imidazole rings is 1. The minimum absolute atomic E-state index is 0.0570. The summed E-state index contributed by atoms with van der Waals surface area (Å²) in [6.45, 7) is 1.25. The third-order valence-electron chi connectivity index (χ3n) is 11.9. The summed E-state index contributed by atoms with van der Waals surface area (Å²) < 4.78 is 56.0. The SMILES string of the molecule is COc1ccc2c(c1N1CCC(N(C)CC3CCC(n4cc(NC(=O)c5cnn6cccnc56)c(C(F)F)n4)CC3)C(F)C1)n(C)c(=O)n2C1CCC(O)NC1=O. The Hall–Kier alpha value is -5.43. The summed E-state index contributed by atoms with van der Waals surface area (Å²) in [6.07, 6.45) is 5.01. The molecule has 4 aromatic heterocycles. The van der Waals surface area contributed by atoms with Gasteiger partial charge in [-0.15, -0.1) is 0 Å². The predicted molar refractivity (Wildman–Crippen MR) is 203 cm³/mol. The van der Waals surface area contributed by atoms with E-state index in [2.05, 4.69) is 30.7 Å². The molecule has 0 radical (unpaired) electrons. The lowest BCUT2D eigenvalue weighted by molar-refractivity contribution is -0.130. The maximum atomic E-state index is 16.2. The Kier molecular flexibility index (Phi) is 10.4. The van der Waals surface area contributed by atoms with Gasteiger partial charge in [-0.25, -0.2) is 27.5 Å². The highest BCUT2D eigenvalue weighted by molar-refractivity contribution is 6.08. The number of aliphatic hydroxyl groups excluding tert-OH is 1. The average molecular weight is 794 g/mol. The zero-order valence-electron chi connectivity index (χ0n) is 31.9. The molecular weight excluding hydrogens is 747 g/mol. The molecule has 4 atom stereocenters. The van der Waals surface area contributed by atoms with Crippen molar-refractivity contribution < 1.29 is 32.6 Å². The van der Waals surface area contributed by atoms with Crippen LogP contribution in [0.2, 0.25) is 0 Å². The van der Waals surface area contributed by atoms with Gasteiger partial charge < -0.3 is 30.3 Å². The first kappa shape index (κ1) is 38.4. The van der Waals surface area contributed by atoms with Gasteiger partial charge in [0.15, 0.2) is 11.3 Å². The predicted octanol–water partition coefficient (Wildman–Crippen LogP) is 3.83. The largest absolute Gasteiger partial charge is 0.494 e. The van der Waals surface area contributed by atoms with E-state index >= 15 is 4.39 Å². The number of hydrogen-bond acceptors (Lipinski definition) is 10. The number of amides is 2. The first-order valence-corrected chi connectivity index (χ1v) is 19.3. The standard InChI is InChI=1S/C38H46F3N11O5/c1-47(18-21-5-7-22(8-6-21)51-20-25(31(46-51)34(40)41)44-36(54)23-17-43-50-15-4-14-42-35(23)50)26-13-16-49(19-24(26)39)33-29(57-3)11-9-27-32(33)48(2)38(56)52(27)28-10-12-30(53)45-37(28)55/h4,9,11,14-15,17,20-22,24,26,28,30,34,53H,5-8,10,12-13,16,18-19H2,1-3H3,(H,44,54)(H,45,55). The van der Waals surface area contributed by atoms with Gasteiger partial charge in [0.25, 0.3) is 12.3 Å². The van der Waals surface area contributed by atoms with Gasteiger partial charge in [0, 0.05) is 44.8 Å². The molecule has 57 heavy (non-hydrogen) atoms. The number of aryl methyl sites for hydroxylation is 1. The molecule has 0 bridgehead atoms. The van der Waals surface area contributed by atoms with E-state index in [0.717, 1.165) is 12.8 Å². The molecule has 8 rings (SSSR count). The van der Waals surface area contributed by atoms with Crippen molar-refractivity contribution in [3.8, 4) is 5.75 Å². The van der Waals surface area contributed by atoms with Crippen LogP contribution in [-0.2, 0) is 11.8 Å². The summed E-state index contributed by atoms with van der Waals surface area (Å²) in [4.78, 5) is 47.7. The minimum Gasteiger partial charge on any atom is -0.494 e. The van der Waals surface area contributed by atoms with E-state index < -0.39 is 42.4 Å². The van der Waals surface area contributed by atoms with E-state index in [1.165, 1.54) is 44.0 Å². The molecule has 2 saturated heterocycles. The highest BCUT2D eigenvalue weighted by atomic mass is 19.3. The molecule has 3 N–H and O–H groups in total. The number of carbonyl (C=O) groups is 2. The zero-order valence-corrected chi connectivity index (χ0v) is 31.9. The number of rotatable bonds is 10. The number of methoxy groups -OCH3 is 1. The summed E-state index contributed by atoms with van der Waals surface area (Å²) in [5.74, 6) is -0.281. The third kappa shape index (κ3) is 7.11. The van der Waals surface area contributed by atoms with Crippen molar-refractivity contribution >= 4 is 39.9 Å². The quantitative estimate of drug-likeness (QED) is 0.189. The number of piperidine rings is 2. The van der Waals surface area contributed by atoms with Gasteiger partial charge in [0.2, 0.25) is 5.91 Å².